The van der Waals surface area contributed by atoms with Gasteiger partial charge in [-0.05, 0) is 43.7 Å². The second-order valence-electron chi connectivity index (χ2n) is 8.19. The quantitative estimate of drug-likeness (QED) is 0.717. The van der Waals surface area contributed by atoms with Gasteiger partial charge in [-0.15, -0.1) is 0 Å². The summed E-state index contributed by atoms with van der Waals surface area (Å²) in [5.74, 6) is 1.24. The van der Waals surface area contributed by atoms with Gasteiger partial charge in [-0.1, -0.05) is 0 Å². The van der Waals surface area contributed by atoms with Crippen molar-refractivity contribution in [3.63, 3.8) is 0 Å². The Morgan fingerprint density at radius 3 is 2.71 bits per heavy atom. The van der Waals surface area contributed by atoms with Crippen LogP contribution in [0.15, 0.2) is 29.2 Å². The van der Waals surface area contributed by atoms with E-state index in [9.17, 15) is 13.2 Å². The van der Waals surface area contributed by atoms with Crippen LogP contribution in [0.1, 0.15) is 36.0 Å². The molecule has 1 atom stereocenters. The van der Waals surface area contributed by atoms with E-state index in [1.54, 1.807) is 30.1 Å². The maximum atomic E-state index is 13.6. The Balaban J connectivity index is 1.70. The van der Waals surface area contributed by atoms with Crippen LogP contribution in [0.3, 0.4) is 0 Å². The number of nitrogens with zero attached hydrogens (tertiary/aromatic N) is 5. The average Bonchev–Trinajstić information content (AvgIpc) is 3.33. The molecule has 2 aliphatic heterocycles. The fourth-order valence-corrected chi connectivity index (χ4v) is 5.89. The van der Waals surface area contributed by atoms with Crippen LogP contribution in [0.5, 0.6) is 0 Å². The molecule has 1 saturated heterocycles. The number of aromatic nitrogens is 2. The predicted octanol–water partition coefficient (Wildman–Crippen LogP) is 1.31. The van der Waals surface area contributed by atoms with E-state index in [1.165, 1.54) is 4.31 Å². The number of carbonyl (C=O) groups is 1. The molecule has 0 aliphatic carbocycles. The Morgan fingerprint density at radius 1 is 1.23 bits per heavy atom. The first-order valence-electron chi connectivity index (χ1n) is 10.3. The highest BCUT2D eigenvalue weighted by Crippen LogP contribution is 2.37. The summed E-state index contributed by atoms with van der Waals surface area (Å²) < 4.78 is 28.6. The summed E-state index contributed by atoms with van der Waals surface area (Å²) in [6, 6.07) is 6.42. The molecule has 0 radical (unpaired) electrons. The summed E-state index contributed by atoms with van der Waals surface area (Å²) in [5.41, 5.74) is 2.33. The summed E-state index contributed by atoms with van der Waals surface area (Å²) in [7, 11) is 3.60. The molecule has 0 bridgehead atoms. The van der Waals surface area contributed by atoms with Gasteiger partial charge >= 0.3 is 0 Å². The van der Waals surface area contributed by atoms with Crippen molar-refractivity contribution in [2.45, 2.75) is 36.7 Å². The third-order valence-electron chi connectivity index (χ3n) is 5.84. The largest absolute Gasteiger partial charge is 0.363 e. The van der Waals surface area contributed by atoms with Crippen LogP contribution in [0.25, 0.3) is 0 Å². The molecule has 4 rings (SSSR count). The van der Waals surface area contributed by atoms with E-state index in [4.69, 9.17) is 0 Å². The molecular weight excluding hydrogens is 416 g/mol. The van der Waals surface area contributed by atoms with Crippen molar-refractivity contribution in [2.75, 3.05) is 44.5 Å². The van der Waals surface area contributed by atoms with E-state index < -0.39 is 16.1 Å². The SMILES string of the molecule is CNCc1cc(N(C)C)nc(C2CCCN2S(=O)(=O)c2ccc3c(c2)CC(=O)N3C)n1. The standard InChI is InChI=1S/C21H28N6O3S/c1-22-13-15-12-19(25(2)3)24-21(23-15)18-6-5-9-27(18)31(29,30)16-7-8-17-14(10-16)11-20(28)26(17)4/h7-8,10,12,18,22H,5-6,9,11,13H2,1-4H3. The minimum absolute atomic E-state index is 0.0328. The van der Waals surface area contributed by atoms with E-state index in [-0.39, 0.29) is 17.2 Å². The zero-order valence-electron chi connectivity index (χ0n) is 18.3. The lowest BCUT2D eigenvalue weighted by molar-refractivity contribution is -0.117. The highest BCUT2D eigenvalue weighted by Gasteiger charge is 2.39. The Labute approximate surface area is 183 Å². The second-order valence-corrected chi connectivity index (χ2v) is 10.1. The van der Waals surface area contributed by atoms with Gasteiger partial charge in [0.1, 0.15) is 11.6 Å². The number of hydrogen-bond acceptors (Lipinski definition) is 7. The van der Waals surface area contributed by atoms with E-state index in [0.717, 1.165) is 29.2 Å². The van der Waals surface area contributed by atoms with Crippen molar-refractivity contribution in [3.8, 4) is 0 Å². The van der Waals surface area contributed by atoms with Crippen LogP contribution < -0.4 is 15.1 Å². The van der Waals surface area contributed by atoms with E-state index >= 15 is 0 Å². The number of carbonyl (C=O) groups excluding carboxylic acids is 1. The topological polar surface area (TPSA) is 98.7 Å². The number of hydrogen-bond donors (Lipinski definition) is 1. The van der Waals surface area contributed by atoms with Gasteiger partial charge in [-0.25, -0.2) is 18.4 Å². The second kappa shape index (κ2) is 8.18. The fourth-order valence-electron chi connectivity index (χ4n) is 4.18. The van der Waals surface area contributed by atoms with Crippen LogP contribution in [-0.4, -0.2) is 63.3 Å². The molecule has 0 saturated carbocycles. The number of amides is 1. The molecule has 9 nitrogen and oxygen atoms in total. The molecule has 10 heteroatoms. The van der Waals surface area contributed by atoms with Crippen LogP contribution in [0.2, 0.25) is 0 Å². The lowest BCUT2D eigenvalue weighted by Gasteiger charge is -2.25. The van der Waals surface area contributed by atoms with Gasteiger partial charge in [-0.2, -0.15) is 4.31 Å². The summed E-state index contributed by atoms with van der Waals surface area (Å²) in [6.45, 7) is 0.988. The van der Waals surface area contributed by atoms with Gasteiger partial charge in [-0.3, -0.25) is 4.79 Å². The normalized spacial score (nSPS) is 19.2. The maximum absolute atomic E-state index is 13.6. The minimum atomic E-state index is -3.76. The van der Waals surface area contributed by atoms with Gasteiger partial charge < -0.3 is 15.1 Å². The molecule has 0 spiro atoms. The lowest BCUT2D eigenvalue weighted by Crippen LogP contribution is -2.32. The van der Waals surface area contributed by atoms with Crippen LogP contribution >= 0.6 is 0 Å². The molecule has 3 heterocycles. The van der Waals surface area contributed by atoms with Crippen LogP contribution in [0.4, 0.5) is 11.5 Å². The molecule has 1 N–H and O–H groups in total. The number of benzene rings is 1. The molecular formula is C21H28N6O3S. The van der Waals surface area contributed by atoms with Gasteiger partial charge in [0.2, 0.25) is 15.9 Å². The molecule has 2 aromatic rings. The number of likely N-dealkylation sites (N-methyl/N-ethyl adjacent to an activating group) is 1. The molecule has 1 amide bonds. The Kier molecular flexibility index (Phi) is 5.71. The highest BCUT2D eigenvalue weighted by atomic mass is 32.2. The predicted molar refractivity (Wildman–Crippen MR) is 119 cm³/mol. The van der Waals surface area contributed by atoms with Gasteiger partial charge in [0, 0.05) is 46.0 Å². The third-order valence-corrected chi connectivity index (χ3v) is 7.74. The Morgan fingerprint density at radius 2 is 2.00 bits per heavy atom. The number of nitrogens with one attached hydrogen (secondary N) is 1. The molecule has 1 fully saturated rings. The average molecular weight is 445 g/mol. The number of sulfonamides is 1. The van der Waals surface area contributed by atoms with Crippen molar-refractivity contribution >= 4 is 27.4 Å². The van der Waals surface area contributed by atoms with E-state index in [1.807, 2.05) is 32.1 Å². The number of anilines is 2. The van der Waals surface area contributed by atoms with Crippen molar-refractivity contribution in [3.05, 3.63) is 41.3 Å². The number of fused-ring (bicyclic) bond motifs is 1. The van der Waals surface area contributed by atoms with Crippen molar-refractivity contribution in [1.82, 2.24) is 19.6 Å². The molecule has 166 valence electrons. The van der Waals surface area contributed by atoms with Gasteiger partial charge in [0.05, 0.1) is 23.1 Å². The molecule has 1 unspecified atom stereocenters. The summed E-state index contributed by atoms with van der Waals surface area (Å²) in [6.07, 6.45) is 1.63. The lowest BCUT2D eigenvalue weighted by atomic mass is 10.2. The van der Waals surface area contributed by atoms with Crippen LogP contribution in [-0.2, 0) is 27.8 Å². The van der Waals surface area contributed by atoms with Crippen molar-refractivity contribution < 1.29 is 13.2 Å². The minimum Gasteiger partial charge on any atom is -0.363 e. The van der Waals surface area contributed by atoms with Crippen molar-refractivity contribution in [2.24, 2.45) is 0 Å². The first kappa shape index (κ1) is 21.7. The maximum Gasteiger partial charge on any atom is 0.243 e. The van der Waals surface area contributed by atoms with E-state index in [0.29, 0.717) is 25.3 Å². The fraction of sp³-hybridized carbons (Fsp3) is 0.476. The van der Waals surface area contributed by atoms with Gasteiger partial charge in [0.15, 0.2) is 0 Å². The van der Waals surface area contributed by atoms with Crippen molar-refractivity contribution in [1.29, 1.82) is 0 Å². The van der Waals surface area contributed by atoms with Crippen LogP contribution in [0, 0.1) is 0 Å². The molecule has 1 aromatic heterocycles. The first-order valence-corrected chi connectivity index (χ1v) is 11.8. The summed E-state index contributed by atoms with van der Waals surface area (Å²) in [4.78, 5) is 25.0. The zero-order valence-corrected chi connectivity index (χ0v) is 19.1. The smallest absolute Gasteiger partial charge is 0.243 e. The summed E-state index contributed by atoms with van der Waals surface area (Å²) in [5, 5.41) is 3.09. The van der Waals surface area contributed by atoms with Gasteiger partial charge in [0.25, 0.3) is 0 Å². The molecule has 2 aliphatic rings. The Hall–Kier alpha value is -2.56. The Bertz CT molecular complexity index is 1120. The summed E-state index contributed by atoms with van der Waals surface area (Å²) >= 11 is 0. The third kappa shape index (κ3) is 3.90. The molecule has 31 heavy (non-hydrogen) atoms. The molecule has 1 aromatic carbocycles. The van der Waals surface area contributed by atoms with E-state index in [2.05, 4.69) is 15.3 Å². The monoisotopic (exact) mass is 444 g/mol. The first-order chi connectivity index (χ1) is 14.7. The zero-order chi connectivity index (χ0) is 22.3. The number of rotatable bonds is 6. The highest BCUT2D eigenvalue weighted by molar-refractivity contribution is 7.89.